The van der Waals surface area contributed by atoms with Gasteiger partial charge in [0.2, 0.25) is 0 Å². The first kappa shape index (κ1) is 16.2. The zero-order valence-corrected chi connectivity index (χ0v) is 14.5. The number of hydrogen-bond donors (Lipinski definition) is 2. The monoisotopic (exact) mass is 348 g/mol. The van der Waals surface area contributed by atoms with E-state index >= 15 is 0 Å². The lowest BCUT2D eigenvalue weighted by Crippen LogP contribution is -2.26. The van der Waals surface area contributed by atoms with Gasteiger partial charge in [0.25, 0.3) is 0 Å². The Morgan fingerprint density at radius 1 is 1.13 bits per heavy atom. The van der Waals surface area contributed by atoms with E-state index in [2.05, 4.69) is 48.1 Å². The first-order chi connectivity index (χ1) is 11.1. The highest BCUT2D eigenvalue weighted by molar-refractivity contribution is 6.36. The molecule has 5 heteroatoms. The van der Waals surface area contributed by atoms with Crippen molar-refractivity contribution in [3.63, 3.8) is 0 Å². The Morgan fingerprint density at radius 2 is 1.87 bits per heavy atom. The van der Waals surface area contributed by atoms with Gasteiger partial charge in [0.1, 0.15) is 5.75 Å². The van der Waals surface area contributed by atoms with E-state index in [0.717, 1.165) is 11.3 Å². The van der Waals surface area contributed by atoms with Gasteiger partial charge in [-0.2, -0.15) is 0 Å². The second-order valence-corrected chi connectivity index (χ2v) is 6.28. The van der Waals surface area contributed by atoms with Crippen LogP contribution < -0.4 is 15.6 Å². The van der Waals surface area contributed by atoms with Crippen molar-refractivity contribution < 1.29 is 4.74 Å². The topological polar surface area (TPSA) is 33.3 Å². The van der Waals surface area contributed by atoms with Gasteiger partial charge in [-0.25, -0.2) is 5.43 Å². The third-order valence-corrected chi connectivity index (χ3v) is 4.22. The Kier molecular flexibility index (Phi) is 4.81. The molecule has 120 valence electrons. The lowest BCUT2D eigenvalue weighted by molar-refractivity contribution is 0.339. The summed E-state index contributed by atoms with van der Waals surface area (Å²) in [6.07, 6.45) is 2.11. The maximum Gasteiger partial charge on any atom is 0.147 e. The molecule has 0 amide bonds. The fourth-order valence-electron chi connectivity index (χ4n) is 2.57. The predicted octanol–water partition coefficient (Wildman–Crippen LogP) is 4.89. The van der Waals surface area contributed by atoms with Gasteiger partial charge in [0, 0.05) is 10.6 Å². The van der Waals surface area contributed by atoms with Crippen LogP contribution in [0.2, 0.25) is 10.0 Å². The normalized spacial score (nSPS) is 16.9. The fraction of sp³-hybridized carbons (Fsp3) is 0.222. The molecule has 3 nitrogen and oxygen atoms in total. The molecule has 0 bridgehead atoms. The largest absolute Gasteiger partial charge is 0.492 e. The van der Waals surface area contributed by atoms with Crippen LogP contribution in [0.4, 0.5) is 0 Å². The summed E-state index contributed by atoms with van der Waals surface area (Å²) in [5.74, 6) is 0.642. The van der Waals surface area contributed by atoms with Crippen LogP contribution in [-0.2, 0) is 0 Å². The van der Waals surface area contributed by atoms with Crippen molar-refractivity contribution >= 4 is 28.9 Å². The van der Waals surface area contributed by atoms with Gasteiger partial charge in [0.05, 0.1) is 23.4 Å². The Hall–Kier alpha value is -1.68. The molecular weight excluding hydrogens is 331 g/mol. The number of rotatable bonds is 4. The van der Waals surface area contributed by atoms with E-state index in [1.54, 1.807) is 6.07 Å². The molecule has 0 aromatic heterocycles. The molecule has 0 fully saturated rings. The second kappa shape index (κ2) is 6.83. The van der Waals surface area contributed by atoms with E-state index in [1.165, 1.54) is 11.1 Å². The van der Waals surface area contributed by atoms with Crippen molar-refractivity contribution in [3.8, 4) is 5.75 Å². The van der Waals surface area contributed by atoms with E-state index in [0.29, 0.717) is 22.4 Å². The SMILES string of the molecule is CCOc1c(Cl)cc(Cl)cc1C1=C[C@@H](c2ccc(C)cc2)NN1. The van der Waals surface area contributed by atoms with Crippen molar-refractivity contribution in [1.29, 1.82) is 0 Å². The summed E-state index contributed by atoms with van der Waals surface area (Å²) in [5.41, 5.74) is 10.7. The Balaban J connectivity index is 1.96. The molecule has 1 aliphatic heterocycles. The van der Waals surface area contributed by atoms with Gasteiger partial charge in [-0.05, 0) is 37.6 Å². The van der Waals surface area contributed by atoms with Crippen molar-refractivity contribution in [1.82, 2.24) is 10.9 Å². The Bertz CT molecular complexity index is 741. The molecule has 0 saturated heterocycles. The zero-order valence-electron chi connectivity index (χ0n) is 13.0. The van der Waals surface area contributed by atoms with Crippen LogP contribution in [0.5, 0.6) is 5.75 Å². The average molecular weight is 349 g/mol. The minimum Gasteiger partial charge on any atom is -0.492 e. The highest BCUT2D eigenvalue weighted by atomic mass is 35.5. The van der Waals surface area contributed by atoms with Gasteiger partial charge < -0.3 is 10.2 Å². The maximum atomic E-state index is 6.28. The average Bonchev–Trinajstić information content (AvgIpc) is 3.00. The number of aryl methyl sites for hydroxylation is 1. The van der Waals surface area contributed by atoms with Gasteiger partial charge in [0.15, 0.2) is 0 Å². The summed E-state index contributed by atoms with van der Waals surface area (Å²) in [5, 5.41) is 1.09. The molecule has 3 rings (SSSR count). The molecule has 23 heavy (non-hydrogen) atoms. The molecule has 2 aromatic carbocycles. The lowest BCUT2D eigenvalue weighted by atomic mass is 10.0. The molecule has 2 aromatic rings. The van der Waals surface area contributed by atoms with E-state index < -0.39 is 0 Å². The van der Waals surface area contributed by atoms with E-state index in [4.69, 9.17) is 27.9 Å². The highest BCUT2D eigenvalue weighted by Crippen LogP contribution is 2.37. The van der Waals surface area contributed by atoms with Crippen LogP contribution in [0.15, 0.2) is 42.5 Å². The van der Waals surface area contributed by atoms with Crippen LogP contribution >= 0.6 is 23.2 Å². The minimum absolute atomic E-state index is 0.0813. The summed E-state index contributed by atoms with van der Waals surface area (Å²) in [6.45, 7) is 4.54. The van der Waals surface area contributed by atoms with E-state index in [1.807, 2.05) is 13.0 Å². The standard InChI is InChI=1S/C18H18Cl2N2O/c1-3-23-18-14(8-13(19)9-15(18)20)17-10-16(21-22-17)12-6-4-11(2)5-7-12/h4-10,16,21-22H,3H2,1-2H3/t16-/m0/s1. The van der Waals surface area contributed by atoms with Crippen molar-refractivity contribution in [3.05, 3.63) is 69.2 Å². The molecule has 0 unspecified atom stereocenters. The number of benzene rings is 2. The highest BCUT2D eigenvalue weighted by Gasteiger charge is 2.21. The third kappa shape index (κ3) is 3.47. The lowest BCUT2D eigenvalue weighted by Gasteiger charge is -2.14. The van der Waals surface area contributed by atoms with Gasteiger partial charge in [-0.1, -0.05) is 53.0 Å². The minimum atomic E-state index is 0.0813. The van der Waals surface area contributed by atoms with Gasteiger partial charge in [-0.3, -0.25) is 0 Å². The summed E-state index contributed by atoms with van der Waals surface area (Å²) < 4.78 is 5.69. The molecule has 1 aliphatic rings. The third-order valence-electron chi connectivity index (χ3n) is 3.72. The van der Waals surface area contributed by atoms with E-state index in [-0.39, 0.29) is 6.04 Å². The zero-order chi connectivity index (χ0) is 16.4. The maximum absolute atomic E-state index is 6.28. The smallest absolute Gasteiger partial charge is 0.147 e. The van der Waals surface area contributed by atoms with E-state index in [9.17, 15) is 0 Å². The van der Waals surface area contributed by atoms with Gasteiger partial charge >= 0.3 is 0 Å². The van der Waals surface area contributed by atoms with Crippen molar-refractivity contribution in [2.45, 2.75) is 19.9 Å². The van der Waals surface area contributed by atoms with Gasteiger partial charge in [-0.15, -0.1) is 0 Å². The molecule has 1 atom stereocenters. The summed E-state index contributed by atoms with van der Waals surface area (Å²) >= 11 is 12.4. The second-order valence-electron chi connectivity index (χ2n) is 5.44. The van der Waals surface area contributed by atoms with Crippen molar-refractivity contribution in [2.24, 2.45) is 0 Å². The number of nitrogens with one attached hydrogen (secondary N) is 2. The number of hydrogen-bond acceptors (Lipinski definition) is 3. The molecule has 1 heterocycles. The first-order valence-electron chi connectivity index (χ1n) is 7.50. The number of halogens is 2. The quantitative estimate of drug-likeness (QED) is 0.825. The predicted molar refractivity (Wildman–Crippen MR) is 95.8 cm³/mol. The molecule has 2 N–H and O–H groups in total. The fourth-order valence-corrected chi connectivity index (χ4v) is 3.12. The summed E-state index contributed by atoms with van der Waals surface area (Å²) in [6, 6.07) is 12.1. The summed E-state index contributed by atoms with van der Waals surface area (Å²) in [7, 11) is 0. The molecule has 0 aliphatic carbocycles. The van der Waals surface area contributed by atoms with Crippen molar-refractivity contribution in [2.75, 3.05) is 6.61 Å². The van der Waals surface area contributed by atoms with Crippen LogP contribution in [0.3, 0.4) is 0 Å². The number of hydrazine groups is 1. The van der Waals surface area contributed by atoms with Crippen LogP contribution in [0.1, 0.15) is 29.7 Å². The molecule has 0 radical (unpaired) electrons. The number of ether oxygens (including phenoxy) is 1. The summed E-state index contributed by atoms with van der Waals surface area (Å²) in [4.78, 5) is 0. The van der Waals surface area contributed by atoms with Crippen LogP contribution in [0, 0.1) is 6.92 Å². The molecular formula is C18H18Cl2N2O. The Labute approximate surface area is 146 Å². The molecule has 0 saturated carbocycles. The molecule has 0 spiro atoms. The Morgan fingerprint density at radius 3 is 2.57 bits per heavy atom. The van der Waals surface area contributed by atoms with Crippen LogP contribution in [-0.4, -0.2) is 6.61 Å². The van der Waals surface area contributed by atoms with Crippen LogP contribution in [0.25, 0.3) is 5.70 Å². The first-order valence-corrected chi connectivity index (χ1v) is 8.26.